The van der Waals surface area contributed by atoms with Crippen LogP contribution in [0.3, 0.4) is 0 Å². The van der Waals surface area contributed by atoms with Crippen LogP contribution in [0.4, 0.5) is 23.2 Å². The van der Waals surface area contributed by atoms with E-state index in [1.807, 2.05) is 24.3 Å². The van der Waals surface area contributed by atoms with Crippen LogP contribution in [0.15, 0.2) is 47.5 Å². The summed E-state index contributed by atoms with van der Waals surface area (Å²) in [5.74, 6) is -0.572. The molecular weight excluding hydrogens is 527 g/mol. The highest BCUT2D eigenvalue weighted by molar-refractivity contribution is 14.0. The Bertz CT molecular complexity index is 886. The van der Waals surface area contributed by atoms with Gasteiger partial charge in [-0.1, -0.05) is 24.3 Å². The molecule has 0 amide bonds. The molecule has 31 heavy (non-hydrogen) atoms. The minimum Gasteiger partial charge on any atom is -0.378 e. The fourth-order valence-electron chi connectivity index (χ4n) is 3.32. The van der Waals surface area contributed by atoms with Crippen molar-refractivity contribution in [3.63, 3.8) is 0 Å². The van der Waals surface area contributed by atoms with Crippen LogP contribution in [0.5, 0.6) is 0 Å². The molecule has 5 nitrogen and oxygen atoms in total. The van der Waals surface area contributed by atoms with Crippen molar-refractivity contribution < 1.29 is 22.3 Å². The molecule has 0 aliphatic carbocycles. The van der Waals surface area contributed by atoms with E-state index >= 15 is 0 Å². The summed E-state index contributed by atoms with van der Waals surface area (Å²) in [5, 5.41) is 6.00. The molecule has 1 aliphatic heterocycles. The van der Waals surface area contributed by atoms with Gasteiger partial charge < -0.3 is 20.3 Å². The Morgan fingerprint density at radius 2 is 1.68 bits per heavy atom. The molecule has 0 aromatic heterocycles. The lowest BCUT2D eigenvalue weighted by Crippen LogP contribution is -2.39. The van der Waals surface area contributed by atoms with Gasteiger partial charge in [-0.15, -0.1) is 24.0 Å². The average Bonchev–Trinajstić information content (AvgIpc) is 2.75. The van der Waals surface area contributed by atoms with E-state index in [2.05, 4.69) is 20.5 Å². The maximum atomic E-state index is 13.3. The summed E-state index contributed by atoms with van der Waals surface area (Å²) >= 11 is 0. The highest BCUT2D eigenvalue weighted by atomic mass is 127. The molecule has 0 atom stereocenters. The summed E-state index contributed by atoms with van der Waals surface area (Å²) in [7, 11) is 1.54. The number of hydrogen-bond donors (Lipinski definition) is 2. The summed E-state index contributed by atoms with van der Waals surface area (Å²) in [6.07, 6.45) is -4.63. The molecule has 10 heteroatoms. The summed E-state index contributed by atoms with van der Waals surface area (Å²) in [6, 6.07) is 10.6. The Morgan fingerprint density at radius 3 is 2.32 bits per heavy atom. The first-order valence-corrected chi connectivity index (χ1v) is 9.59. The van der Waals surface area contributed by atoms with E-state index in [0.29, 0.717) is 31.8 Å². The van der Waals surface area contributed by atoms with Crippen molar-refractivity contribution in [3.05, 3.63) is 65.0 Å². The first-order valence-electron chi connectivity index (χ1n) is 9.59. The van der Waals surface area contributed by atoms with Gasteiger partial charge in [-0.3, -0.25) is 4.99 Å². The summed E-state index contributed by atoms with van der Waals surface area (Å²) in [6.45, 7) is 3.25. The van der Waals surface area contributed by atoms with E-state index in [9.17, 15) is 17.6 Å². The lowest BCUT2D eigenvalue weighted by atomic mass is 10.1. The second-order valence-electron chi connectivity index (χ2n) is 6.81. The molecule has 2 aromatic carbocycles. The minimum atomic E-state index is -4.63. The molecule has 170 valence electrons. The number of anilines is 1. The van der Waals surface area contributed by atoms with Crippen molar-refractivity contribution in [1.29, 1.82) is 0 Å². The van der Waals surface area contributed by atoms with E-state index in [1.165, 1.54) is 0 Å². The van der Waals surface area contributed by atoms with E-state index in [4.69, 9.17) is 4.74 Å². The van der Waals surface area contributed by atoms with Gasteiger partial charge in [-0.25, -0.2) is 4.39 Å². The Hall–Kier alpha value is -2.08. The van der Waals surface area contributed by atoms with Crippen molar-refractivity contribution in [2.45, 2.75) is 19.3 Å². The molecule has 1 heterocycles. The van der Waals surface area contributed by atoms with Gasteiger partial charge in [0, 0.05) is 38.9 Å². The monoisotopic (exact) mass is 552 g/mol. The Kier molecular flexibility index (Phi) is 9.35. The molecular formula is C21H25F4IN4O. The van der Waals surface area contributed by atoms with Crippen molar-refractivity contribution in [2.24, 2.45) is 4.99 Å². The predicted octanol–water partition coefficient (Wildman–Crippen LogP) is 4.16. The Balaban J connectivity index is 0.00000341. The smallest absolute Gasteiger partial charge is 0.378 e. The first kappa shape index (κ1) is 25.2. The molecule has 0 saturated carbocycles. The fourth-order valence-corrected chi connectivity index (χ4v) is 3.32. The third-order valence-corrected chi connectivity index (χ3v) is 4.84. The number of ether oxygens (including phenoxy) is 1. The third-order valence-electron chi connectivity index (χ3n) is 4.84. The highest BCUT2D eigenvalue weighted by Crippen LogP contribution is 2.32. The lowest BCUT2D eigenvalue weighted by molar-refractivity contribution is -0.138. The van der Waals surface area contributed by atoms with Crippen LogP contribution < -0.4 is 15.5 Å². The number of rotatable bonds is 5. The number of morpholine rings is 1. The second-order valence-corrected chi connectivity index (χ2v) is 6.81. The normalized spacial score (nSPS) is 14.7. The number of alkyl halides is 3. The van der Waals surface area contributed by atoms with Gasteiger partial charge in [-0.05, 0) is 29.3 Å². The Labute approximate surface area is 195 Å². The summed E-state index contributed by atoms with van der Waals surface area (Å²) in [5.41, 5.74) is 1.07. The molecule has 0 spiro atoms. The van der Waals surface area contributed by atoms with Crippen LogP contribution in [0.2, 0.25) is 0 Å². The largest absolute Gasteiger partial charge is 0.416 e. The lowest BCUT2D eigenvalue weighted by Gasteiger charge is -2.30. The maximum Gasteiger partial charge on any atom is 0.416 e. The van der Waals surface area contributed by atoms with Gasteiger partial charge in [-0.2, -0.15) is 13.2 Å². The summed E-state index contributed by atoms with van der Waals surface area (Å²) in [4.78, 5) is 6.32. The van der Waals surface area contributed by atoms with Gasteiger partial charge in [0.05, 0.1) is 18.8 Å². The molecule has 0 bridgehead atoms. The van der Waals surface area contributed by atoms with E-state index in [-0.39, 0.29) is 36.1 Å². The van der Waals surface area contributed by atoms with Gasteiger partial charge >= 0.3 is 6.18 Å². The SMILES string of the molecule is CN=C(NCc1ccccc1N1CCOCC1)NCc1ccc(F)cc1C(F)(F)F.I. The van der Waals surface area contributed by atoms with E-state index in [0.717, 1.165) is 36.5 Å². The van der Waals surface area contributed by atoms with Crippen molar-refractivity contribution in [3.8, 4) is 0 Å². The topological polar surface area (TPSA) is 48.9 Å². The summed E-state index contributed by atoms with van der Waals surface area (Å²) < 4.78 is 58.2. The number of hydrogen-bond acceptors (Lipinski definition) is 3. The molecule has 1 saturated heterocycles. The second kappa shape index (κ2) is 11.5. The molecule has 1 fully saturated rings. The van der Waals surface area contributed by atoms with E-state index in [1.54, 1.807) is 7.05 Å². The molecule has 2 aromatic rings. The van der Waals surface area contributed by atoms with Crippen molar-refractivity contribution in [2.75, 3.05) is 38.3 Å². The molecule has 0 unspecified atom stereocenters. The maximum absolute atomic E-state index is 13.3. The van der Waals surface area contributed by atoms with Crippen LogP contribution >= 0.6 is 24.0 Å². The Morgan fingerprint density at radius 1 is 1.03 bits per heavy atom. The van der Waals surface area contributed by atoms with Crippen molar-refractivity contribution >= 4 is 35.6 Å². The number of nitrogens with zero attached hydrogens (tertiary/aromatic N) is 2. The fraction of sp³-hybridized carbons (Fsp3) is 0.381. The number of guanidine groups is 1. The third kappa shape index (κ3) is 6.96. The van der Waals surface area contributed by atoms with Crippen LogP contribution in [-0.2, 0) is 24.0 Å². The minimum absolute atomic E-state index is 0. The standard InChI is InChI=1S/C21H24F4N4O.HI/c1-26-20(27-13-15-6-7-17(22)12-18(15)21(23,24)25)28-14-16-4-2-3-5-19(16)29-8-10-30-11-9-29;/h2-7,12H,8-11,13-14H2,1H3,(H2,26,27,28);1H. The molecule has 2 N–H and O–H groups in total. The van der Waals surface area contributed by atoms with Crippen LogP contribution in [0, 0.1) is 5.82 Å². The average molecular weight is 552 g/mol. The van der Waals surface area contributed by atoms with Crippen LogP contribution in [0.25, 0.3) is 0 Å². The zero-order valence-electron chi connectivity index (χ0n) is 17.0. The number of halogens is 5. The van der Waals surface area contributed by atoms with Gasteiger partial charge in [0.2, 0.25) is 0 Å². The number of nitrogens with one attached hydrogen (secondary N) is 2. The first-order chi connectivity index (χ1) is 14.4. The van der Waals surface area contributed by atoms with Crippen LogP contribution in [0.1, 0.15) is 16.7 Å². The predicted molar refractivity (Wildman–Crippen MR) is 123 cm³/mol. The van der Waals surface area contributed by atoms with E-state index < -0.39 is 17.6 Å². The quantitative estimate of drug-likeness (QED) is 0.253. The van der Waals surface area contributed by atoms with Gasteiger partial charge in [0.15, 0.2) is 5.96 Å². The molecule has 0 radical (unpaired) electrons. The number of benzene rings is 2. The van der Waals surface area contributed by atoms with Crippen LogP contribution in [-0.4, -0.2) is 39.3 Å². The number of para-hydroxylation sites is 1. The van der Waals surface area contributed by atoms with Gasteiger partial charge in [0.25, 0.3) is 0 Å². The zero-order chi connectivity index (χ0) is 21.6. The number of aliphatic imine (C=N–C) groups is 1. The highest BCUT2D eigenvalue weighted by Gasteiger charge is 2.33. The van der Waals surface area contributed by atoms with Crippen molar-refractivity contribution in [1.82, 2.24) is 10.6 Å². The molecule has 3 rings (SSSR count). The van der Waals surface area contributed by atoms with Gasteiger partial charge in [0.1, 0.15) is 5.82 Å². The molecule has 1 aliphatic rings. The zero-order valence-corrected chi connectivity index (χ0v) is 19.3.